The van der Waals surface area contributed by atoms with Crippen LogP contribution in [0.15, 0.2) is 0 Å². The molecule has 1 N–H and O–H groups in total. The fourth-order valence-electron chi connectivity index (χ4n) is 1.47. The molecule has 7 heteroatoms. The van der Waals surface area contributed by atoms with Gasteiger partial charge >= 0.3 is 11.9 Å². The van der Waals surface area contributed by atoms with Crippen LogP contribution in [-0.2, 0) is 19.1 Å². The monoisotopic (exact) mass is 278 g/mol. The summed E-state index contributed by atoms with van der Waals surface area (Å²) in [5.74, 6) is -3.29. The van der Waals surface area contributed by atoms with Gasteiger partial charge in [0.1, 0.15) is 6.54 Å². The molecular weight excluding hydrogens is 254 g/mol. The Labute approximate surface area is 116 Å². The minimum atomic E-state index is -2.40. The number of aliphatic carboxylic acids is 2. The van der Waals surface area contributed by atoms with Crippen molar-refractivity contribution >= 4 is 17.9 Å². The summed E-state index contributed by atoms with van der Waals surface area (Å²) in [6.45, 7) is -2.63. The zero-order valence-electron chi connectivity index (χ0n) is 14.0. The number of carboxylic acids is 2. The molecule has 0 aromatic carbocycles. The van der Waals surface area contributed by atoms with Crippen molar-refractivity contribution < 1.29 is 37.9 Å². The maximum Gasteiger partial charge on any atom is 0.306 e. The molecule has 0 aliphatic rings. The first-order valence-corrected chi connectivity index (χ1v) is 5.79. The second kappa shape index (κ2) is 7.73. The Morgan fingerprint density at radius 1 is 1.37 bits per heavy atom. The molecule has 110 valence electrons. The third-order valence-electron chi connectivity index (χ3n) is 2.12. The average molecular weight is 278 g/mol. The Hall–Kier alpha value is -1.63. The van der Waals surface area contributed by atoms with Crippen molar-refractivity contribution in [2.45, 2.75) is 31.8 Å². The van der Waals surface area contributed by atoms with Gasteiger partial charge in [0.2, 0.25) is 0 Å². The molecule has 0 aliphatic carbocycles. The van der Waals surface area contributed by atoms with E-state index < -0.39 is 41.9 Å². The van der Waals surface area contributed by atoms with E-state index in [2.05, 4.69) is 0 Å². The van der Waals surface area contributed by atoms with Crippen LogP contribution in [0.25, 0.3) is 0 Å². The molecule has 0 aromatic rings. The van der Waals surface area contributed by atoms with Gasteiger partial charge in [-0.1, -0.05) is 0 Å². The molecule has 0 radical (unpaired) electrons. The molecule has 0 saturated heterocycles. The second-order valence-electron chi connectivity index (χ2n) is 4.80. The third-order valence-corrected chi connectivity index (χ3v) is 2.12. The molecule has 0 amide bonds. The van der Waals surface area contributed by atoms with Crippen molar-refractivity contribution in [1.82, 2.24) is 0 Å². The van der Waals surface area contributed by atoms with Gasteiger partial charge in [-0.25, -0.2) is 0 Å². The third kappa shape index (κ3) is 11.2. The van der Waals surface area contributed by atoms with Crippen LogP contribution in [0.2, 0.25) is 0 Å². The zero-order valence-corrected chi connectivity index (χ0v) is 11.0. The number of carboxylic acid groups (broad SMARTS) is 2. The van der Waals surface area contributed by atoms with E-state index in [0.29, 0.717) is 0 Å². The molecule has 7 nitrogen and oxygen atoms in total. The summed E-state index contributed by atoms with van der Waals surface area (Å²) >= 11 is 0. The van der Waals surface area contributed by atoms with E-state index in [9.17, 15) is 19.5 Å². The van der Waals surface area contributed by atoms with Crippen LogP contribution in [0, 0.1) is 0 Å². The highest BCUT2D eigenvalue weighted by Gasteiger charge is 2.22. The van der Waals surface area contributed by atoms with Crippen molar-refractivity contribution in [2.24, 2.45) is 0 Å². The molecule has 0 rings (SSSR count). The Balaban J connectivity index is 4.68. The predicted molar refractivity (Wildman–Crippen MR) is 63.9 cm³/mol. The van der Waals surface area contributed by atoms with Crippen LogP contribution >= 0.6 is 0 Å². The molecule has 0 bridgehead atoms. The first-order chi connectivity index (χ1) is 9.85. The second-order valence-corrected chi connectivity index (χ2v) is 4.80. The quantitative estimate of drug-likeness (QED) is 0.428. The maximum absolute atomic E-state index is 11.6. The highest BCUT2D eigenvalue weighted by Crippen LogP contribution is 2.07. The lowest BCUT2D eigenvalue weighted by atomic mass is 10.2. The highest BCUT2D eigenvalue weighted by molar-refractivity contribution is 5.72. The number of rotatable bonds is 9. The summed E-state index contributed by atoms with van der Waals surface area (Å²) in [6, 6.07) is 0. The van der Waals surface area contributed by atoms with Gasteiger partial charge in [-0.2, -0.15) is 0 Å². The number of hydrogen-bond acceptors (Lipinski definition) is 5. The molecule has 0 fully saturated rings. The molecule has 0 saturated carbocycles. The standard InChI is InChI=1S/C12H21NO6/c1-13(2,3)8-9(7-11(16)17)19-12(18)6-4-5-10(14)15/h9H,4-8H2,1-3H3,(H-,14,15,16,17)/t9-/m1/s1/i1D3. The van der Waals surface area contributed by atoms with Gasteiger partial charge in [0.05, 0.1) is 25.2 Å². The number of carbonyl (C=O) groups excluding carboxylic acids is 2. The molecule has 0 unspecified atom stereocenters. The molecule has 19 heavy (non-hydrogen) atoms. The minimum Gasteiger partial charge on any atom is -0.550 e. The highest BCUT2D eigenvalue weighted by atomic mass is 16.5. The van der Waals surface area contributed by atoms with Crippen molar-refractivity contribution in [3.05, 3.63) is 0 Å². The van der Waals surface area contributed by atoms with E-state index in [0.717, 1.165) is 0 Å². The van der Waals surface area contributed by atoms with Gasteiger partial charge in [-0.3, -0.25) is 9.59 Å². The van der Waals surface area contributed by atoms with Crippen molar-refractivity contribution in [3.8, 4) is 0 Å². The molecular formula is C12H21NO6. The average Bonchev–Trinajstić information content (AvgIpc) is 2.24. The SMILES string of the molecule is [2H]C([2H])([2H])[N+](C)(C)C[C@@H](CC(=O)[O-])OC(=O)CCCC(=O)O. The number of carbonyl (C=O) groups is 3. The smallest absolute Gasteiger partial charge is 0.306 e. The fourth-order valence-corrected chi connectivity index (χ4v) is 1.47. The van der Waals surface area contributed by atoms with Crippen LogP contribution in [-0.4, -0.2) is 61.2 Å². The van der Waals surface area contributed by atoms with Gasteiger partial charge in [0.15, 0.2) is 6.10 Å². The van der Waals surface area contributed by atoms with Gasteiger partial charge in [-0.05, 0) is 6.42 Å². The van der Waals surface area contributed by atoms with Crippen molar-refractivity contribution in [3.63, 3.8) is 0 Å². The number of hydrogen-bond donors (Lipinski definition) is 1. The lowest BCUT2D eigenvalue weighted by Gasteiger charge is -2.29. The largest absolute Gasteiger partial charge is 0.550 e. The van der Waals surface area contributed by atoms with Crippen LogP contribution in [0.4, 0.5) is 0 Å². The first-order valence-electron chi connectivity index (χ1n) is 7.29. The van der Waals surface area contributed by atoms with Crippen LogP contribution in [0.3, 0.4) is 0 Å². The topological polar surface area (TPSA) is 104 Å². The number of likely N-dealkylation sites (N-methyl/N-ethyl adjacent to an activating group) is 1. The van der Waals surface area contributed by atoms with E-state index in [1.54, 1.807) is 0 Å². The number of quaternary nitrogens is 1. The van der Waals surface area contributed by atoms with Crippen molar-refractivity contribution in [2.75, 3.05) is 27.6 Å². The maximum atomic E-state index is 11.6. The Bertz CT molecular complexity index is 422. The Morgan fingerprint density at radius 3 is 2.47 bits per heavy atom. The number of ether oxygens (including phenoxy) is 1. The van der Waals surface area contributed by atoms with Gasteiger partial charge in [-0.15, -0.1) is 0 Å². The van der Waals surface area contributed by atoms with E-state index in [1.165, 1.54) is 14.1 Å². The summed E-state index contributed by atoms with van der Waals surface area (Å²) in [5.41, 5.74) is 0. The van der Waals surface area contributed by atoms with Crippen LogP contribution < -0.4 is 5.11 Å². The minimum absolute atomic E-state index is 0.0593. The zero-order chi connectivity index (χ0) is 17.6. The summed E-state index contributed by atoms with van der Waals surface area (Å²) in [5, 5.41) is 19.2. The fraction of sp³-hybridized carbons (Fsp3) is 0.750. The molecule has 0 heterocycles. The molecule has 0 spiro atoms. The Kier molecular flexibility index (Phi) is 5.05. The lowest BCUT2D eigenvalue weighted by molar-refractivity contribution is -0.873. The van der Waals surface area contributed by atoms with Crippen molar-refractivity contribution in [1.29, 1.82) is 0 Å². The summed E-state index contributed by atoms with van der Waals surface area (Å²) in [6.07, 6.45) is -2.11. The van der Waals surface area contributed by atoms with E-state index in [1.807, 2.05) is 0 Å². The van der Waals surface area contributed by atoms with Gasteiger partial charge in [0, 0.05) is 25.2 Å². The summed E-state index contributed by atoms with van der Waals surface area (Å²) < 4.78 is 26.6. The van der Waals surface area contributed by atoms with E-state index in [4.69, 9.17) is 14.0 Å². The lowest BCUT2D eigenvalue weighted by Crippen LogP contribution is -2.45. The number of esters is 1. The first kappa shape index (κ1) is 12.4. The van der Waals surface area contributed by atoms with Gasteiger partial charge < -0.3 is 24.2 Å². The Morgan fingerprint density at radius 2 is 2.00 bits per heavy atom. The summed E-state index contributed by atoms with van der Waals surface area (Å²) in [4.78, 5) is 32.6. The predicted octanol–water partition coefficient (Wildman–Crippen LogP) is -1.00. The number of nitrogens with zero attached hydrogens (tertiary/aromatic N) is 1. The van der Waals surface area contributed by atoms with Gasteiger partial charge in [0.25, 0.3) is 0 Å². The van der Waals surface area contributed by atoms with E-state index >= 15 is 0 Å². The van der Waals surface area contributed by atoms with E-state index in [-0.39, 0.29) is 25.8 Å². The summed E-state index contributed by atoms with van der Waals surface area (Å²) in [7, 11) is 2.74. The molecule has 0 aromatic heterocycles. The molecule has 1 atom stereocenters. The van der Waals surface area contributed by atoms with Crippen LogP contribution in [0.1, 0.15) is 29.8 Å². The molecule has 0 aliphatic heterocycles. The van der Waals surface area contributed by atoms with Crippen LogP contribution in [0.5, 0.6) is 0 Å². The normalized spacial score (nSPS) is 15.8.